The van der Waals surface area contributed by atoms with E-state index in [2.05, 4.69) is 50.5 Å². The molecule has 0 radical (unpaired) electrons. The molecular weight excluding hydrogens is 208 g/mol. The van der Waals surface area contributed by atoms with E-state index in [-0.39, 0.29) is 6.04 Å². The molecule has 0 fully saturated rings. The van der Waals surface area contributed by atoms with Crippen LogP contribution in [0.1, 0.15) is 57.2 Å². The van der Waals surface area contributed by atoms with Gasteiger partial charge in [-0.2, -0.15) is 0 Å². The van der Waals surface area contributed by atoms with E-state index in [0.717, 1.165) is 18.8 Å². The lowest BCUT2D eigenvalue weighted by atomic mass is 9.97. The Kier molecular flexibility index (Phi) is 6.23. The summed E-state index contributed by atoms with van der Waals surface area (Å²) >= 11 is 0. The summed E-state index contributed by atoms with van der Waals surface area (Å²) in [6.45, 7) is 6.70. The minimum Gasteiger partial charge on any atom is -0.271 e. The number of hydrazine groups is 1. The molecule has 0 aliphatic rings. The molecule has 0 aliphatic carbocycles. The molecule has 17 heavy (non-hydrogen) atoms. The van der Waals surface area contributed by atoms with Crippen LogP contribution in [0.25, 0.3) is 0 Å². The normalized spacial score (nSPS) is 13.0. The van der Waals surface area contributed by atoms with Crippen molar-refractivity contribution in [3.8, 4) is 0 Å². The second-order valence-corrected chi connectivity index (χ2v) is 5.18. The van der Waals surface area contributed by atoms with E-state index >= 15 is 0 Å². The van der Waals surface area contributed by atoms with E-state index in [1.165, 1.54) is 24.0 Å². The zero-order chi connectivity index (χ0) is 12.7. The SMILES string of the molecule is CCCc1ccc(C(CCC(C)C)NN)cc1. The quantitative estimate of drug-likeness (QED) is 0.559. The second-order valence-electron chi connectivity index (χ2n) is 5.18. The third-order valence-corrected chi connectivity index (χ3v) is 3.15. The molecule has 1 rings (SSSR count). The molecule has 0 amide bonds. The van der Waals surface area contributed by atoms with Gasteiger partial charge >= 0.3 is 0 Å². The Bertz CT molecular complexity index is 303. The van der Waals surface area contributed by atoms with Crippen LogP contribution in [0.3, 0.4) is 0 Å². The predicted molar refractivity (Wildman–Crippen MR) is 74.6 cm³/mol. The molecule has 0 bridgehead atoms. The highest BCUT2D eigenvalue weighted by Crippen LogP contribution is 2.21. The van der Waals surface area contributed by atoms with Crippen LogP contribution in [-0.2, 0) is 6.42 Å². The van der Waals surface area contributed by atoms with Gasteiger partial charge in [-0.05, 0) is 36.3 Å². The maximum atomic E-state index is 5.64. The molecule has 0 aliphatic heterocycles. The highest BCUT2D eigenvalue weighted by atomic mass is 15.2. The van der Waals surface area contributed by atoms with E-state index in [1.54, 1.807) is 0 Å². The van der Waals surface area contributed by atoms with E-state index in [4.69, 9.17) is 5.84 Å². The van der Waals surface area contributed by atoms with Gasteiger partial charge in [-0.15, -0.1) is 0 Å². The molecule has 0 saturated heterocycles. The number of hydrogen-bond donors (Lipinski definition) is 2. The Hall–Kier alpha value is -0.860. The minimum absolute atomic E-state index is 0.285. The van der Waals surface area contributed by atoms with Crippen molar-refractivity contribution in [3.05, 3.63) is 35.4 Å². The smallest absolute Gasteiger partial charge is 0.0460 e. The van der Waals surface area contributed by atoms with Gasteiger partial charge in [0.2, 0.25) is 0 Å². The lowest BCUT2D eigenvalue weighted by molar-refractivity contribution is 0.448. The number of aryl methyl sites for hydroxylation is 1. The van der Waals surface area contributed by atoms with Gasteiger partial charge in [0.05, 0.1) is 0 Å². The van der Waals surface area contributed by atoms with Gasteiger partial charge < -0.3 is 0 Å². The van der Waals surface area contributed by atoms with Gasteiger partial charge in [0.1, 0.15) is 0 Å². The molecule has 2 nitrogen and oxygen atoms in total. The molecule has 1 atom stereocenters. The van der Waals surface area contributed by atoms with Gasteiger partial charge in [0.15, 0.2) is 0 Å². The first-order valence-corrected chi connectivity index (χ1v) is 6.72. The van der Waals surface area contributed by atoms with Crippen LogP contribution in [0.15, 0.2) is 24.3 Å². The van der Waals surface area contributed by atoms with Crippen LogP contribution >= 0.6 is 0 Å². The first-order valence-electron chi connectivity index (χ1n) is 6.72. The van der Waals surface area contributed by atoms with Crippen molar-refractivity contribution >= 4 is 0 Å². The predicted octanol–water partition coefficient (Wildman–Crippen LogP) is 3.58. The fourth-order valence-electron chi connectivity index (χ4n) is 2.05. The summed E-state index contributed by atoms with van der Waals surface area (Å²) in [6.07, 6.45) is 4.66. The Morgan fingerprint density at radius 2 is 1.76 bits per heavy atom. The summed E-state index contributed by atoms with van der Waals surface area (Å²) in [5.74, 6) is 6.36. The summed E-state index contributed by atoms with van der Waals surface area (Å²) in [5, 5.41) is 0. The van der Waals surface area contributed by atoms with Crippen molar-refractivity contribution in [3.63, 3.8) is 0 Å². The van der Waals surface area contributed by atoms with Crippen LogP contribution in [0.4, 0.5) is 0 Å². The zero-order valence-corrected chi connectivity index (χ0v) is 11.4. The Morgan fingerprint density at radius 1 is 1.12 bits per heavy atom. The van der Waals surface area contributed by atoms with Crippen molar-refractivity contribution in [2.45, 2.75) is 52.5 Å². The summed E-state index contributed by atoms with van der Waals surface area (Å²) in [4.78, 5) is 0. The largest absolute Gasteiger partial charge is 0.271 e. The van der Waals surface area contributed by atoms with Crippen molar-refractivity contribution in [2.75, 3.05) is 0 Å². The molecule has 0 heterocycles. The number of nitrogens with one attached hydrogen (secondary N) is 1. The summed E-state index contributed by atoms with van der Waals surface area (Å²) in [7, 11) is 0. The van der Waals surface area contributed by atoms with Crippen molar-refractivity contribution in [2.24, 2.45) is 11.8 Å². The topological polar surface area (TPSA) is 38.0 Å². The molecular formula is C15H26N2. The molecule has 0 saturated carbocycles. The van der Waals surface area contributed by atoms with Crippen molar-refractivity contribution in [1.29, 1.82) is 0 Å². The van der Waals surface area contributed by atoms with Crippen molar-refractivity contribution < 1.29 is 0 Å². The molecule has 1 unspecified atom stereocenters. The van der Waals surface area contributed by atoms with Crippen LogP contribution in [0, 0.1) is 5.92 Å². The van der Waals surface area contributed by atoms with Crippen LogP contribution in [0.2, 0.25) is 0 Å². The zero-order valence-electron chi connectivity index (χ0n) is 11.4. The minimum atomic E-state index is 0.285. The van der Waals surface area contributed by atoms with Crippen LogP contribution in [-0.4, -0.2) is 0 Å². The van der Waals surface area contributed by atoms with E-state index in [9.17, 15) is 0 Å². The lowest BCUT2D eigenvalue weighted by Crippen LogP contribution is -2.28. The van der Waals surface area contributed by atoms with Gasteiger partial charge in [0.25, 0.3) is 0 Å². The maximum Gasteiger partial charge on any atom is 0.0460 e. The standard InChI is InChI=1S/C15H26N2/c1-4-5-13-7-9-14(10-8-13)15(17-16)11-6-12(2)3/h7-10,12,15,17H,4-6,11,16H2,1-3H3. The molecule has 0 spiro atoms. The molecule has 0 aromatic heterocycles. The van der Waals surface area contributed by atoms with E-state index in [1.807, 2.05) is 0 Å². The molecule has 2 heteroatoms. The van der Waals surface area contributed by atoms with Gasteiger partial charge in [-0.25, -0.2) is 0 Å². The highest BCUT2D eigenvalue weighted by Gasteiger charge is 2.10. The maximum absolute atomic E-state index is 5.64. The second kappa shape index (κ2) is 7.46. The van der Waals surface area contributed by atoms with Gasteiger partial charge in [-0.3, -0.25) is 11.3 Å². The van der Waals surface area contributed by atoms with E-state index in [0.29, 0.717) is 0 Å². The third-order valence-electron chi connectivity index (χ3n) is 3.15. The molecule has 1 aromatic carbocycles. The van der Waals surface area contributed by atoms with Gasteiger partial charge in [-0.1, -0.05) is 51.5 Å². The Morgan fingerprint density at radius 3 is 2.24 bits per heavy atom. The monoisotopic (exact) mass is 234 g/mol. The summed E-state index contributed by atoms with van der Waals surface area (Å²) in [6, 6.07) is 9.14. The fraction of sp³-hybridized carbons (Fsp3) is 0.600. The Labute approximate surface area is 106 Å². The molecule has 3 N–H and O–H groups in total. The van der Waals surface area contributed by atoms with Crippen molar-refractivity contribution in [1.82, 2.24) is 5.43 Å². The Balaban J connectivity index is 2.61. The van der Waals surface area contributed by atoms with Crippen LogP contribution in [0.5, 0.6) is 0 Å². The van der Waals surface area contributed by atoms with Gasteiger partial charge in [0, 0.05) is 6.04 Å². The lowest BCUT2D eigenvalue weighted by Gasteiger charge is -2.17. The first-order chi connectivity index (χ1) is 8.17. The number of benzene rings is 1. The first kappa shape index (κ1) is 14.2. The summed E-state index contributed by atoms with van der Waals surface area (Å²) in [5.41, 5.74) is 5.64. The third kappa shape index (κ3) is 4.88. The molecule has 96 valence electrons. The highest BCUT2D eigenvalue weighted by molar-refractivity contribution is 5.25. The summed E-state index contributed by atoms with van der Waals surface area (Å²) < 4.78 is 0. The van der Waals surface area contributed by atoms with E-state index < -0.39 is 0 Å². The number of nitrogens with two attached hydrogens (primary N) is 1. The average molecular weight is 234 g/mol. The van der Waals surface area contributed by atoms with Crippen LogP contribution < -0.4 is 11.3 Å². The number of rotatable bonds is 7. The molecule has 1 aromatic rings. The average Bonchev–Trinajstić information content (AvgIpc) is 2.32. The number of hydrogen-bond acceptors (Lipinski definition) is 2. The fourth-order valence-corrected chi connectivity index (χ4v) is 2.05.